The van der Waals surface area contributed by atoms with E-state index in [0.717, 1.165) is 48.7 Å². The van der Waals surface area contributed by atoms with E-state index in [9.17, 15) is 19.5 Å². The van der Waals surface area contributed by atoms with Crippen LogP contribution in [0.25, 0.3) is 0 Å². The van der Waals surface area contributed by atoms with Crippen LogP contribution in [0.4, 0.5) is 0 Å². The first-order valence-electron chi connectivity index (χ1n) is 15.3. The number of carboxylic acids is 1. The minimum Gasteiger partial charge on any atom is -0.481 e. The number of likely N-dealkylation sites (tertiary alicyclic amines) is 2. The van der Waals surface area contributed by atoms with Crippen molar-refractivity contribution in [1.29, 1.82) is 0 Å². The predicted octanol–water partition coefficient (Wildman–Crippen LogP) is 3.01. The van der Waals surface area contributed by atoms with Gasteiger partial charge in [-0.25, -0.2) is 0 Å². The monoisotopic (exact) mass is 573 g/mol. The van der Waals surface area contributed by atoms with Crippen molar-refractivity contribution >= 4 is 17.8 Å². The first-order chi connectivity index (χ1) is 19.6. The number of carbonyl (C=O) groups excluding carboxylic acids is 2. The van der Waals surface area contributed by atoms with Crippen molar-refractivity contribution in [3.8, 4) is 11.5 Å². The molecular weight excluding hydrogens is 524 g/mol. The maximum absolute atomic E-state index is 13.8. The van der Waals surface area contributed by atoms with Gasteiger partial charge in [0, 0.05) is 57.5 Å². The third kappa shape index (κ3) is 8.13. The van der Waals surface area contributed by atoms with Crippen molar-refractivity contribution in [1.82, 2.24) is 14.7 Å². The Hall–Kier alpha value is -2.85. The zero-order chi connectivity index (χ0) is 29.6. The molecule has 10 heteroatoms. The highest BCUT2D eigenvalue weighted by atomic mass is 16.7. The van der Waals surface area contributed by atoms with Gasteiger partial charge in [0.25, 0.3) is 0 Å². The standard InChI is InChI=1S/C31H48N4O6/c1-5-6-14-32(16-9-18-35(2,3)4)29(37)21-34-20-24(23-11-12-26-27(19-23)41-22-40-26)30(31(38)39)25(34)13-17-33-15-8-7-10-28(33)36/h11-12,19,24-25,30H,5-10,13-18,20-22H2,1-4H3/p+1/t24-,25+,30-/m1/s1. The largest absolute Gasteiger partial charge is 0.481 e. The van der Waals surface area contributed by atoms with Crippen LogP contribution in [0.2, 0.25) is 0 Å². The first-order valence-corrected chi connectivity index (χ1v) is 15.3. The number of fused-ring (bicyclic) bond motifs is 1. The number of quaternary nitrogens is 1. The van der Waals surface area contributed by atoms with E-state index in [-0.39, 0.29) is 37.1 Å². The summed E-state index contributed by atoms with van der Waals surface area (Å²) in [6, 6.07) is 5.29. The summed E-state index contributed by atoms with van der Waals surface area (Å²) in [5, 5.41) is 10.5. The SMILES string of the molecule is CCCCN(CCC[N+](C)(C)C)C(=O)CN1C[C@H](c2ccc3c(c2)OCO3)[C@@H](C(=O)O)[C@@H]1CCN1CCCCC1=O. The third-order valence-electron chi connectivity index (χ3n) is 8.70. The molecule has 0 aromatic heterocycles. The lowest BCUT2D eigenvalue weighted by Gasteiger charge is -2.33. The van der Waals surface area contributed by atoms with Crippen LogP contribution in [0, 0.1) is 5.92 Å². The van der Waals surface area contributed by atoms with Crippen LogP contribution in [-0.4, -0.2) is 122 Å². The van der Waals surface area contributed by atoms with Crippen LogP contribution in [0.3, 0.4) is 0 Å². The fourth-order valence-corrected chi connectivity index (χ4v) is 6.44. The number of carbonyl (C=O) groups is 3. The molecule has 0 radical (unpaired) electrons. The van der Waals surface area contributed by atoms with Crippen LogP contribution >= 0.6 is 0 Å². The summed E-state index contributed by atoms with van der Waals surface area (Å²) in [4.78, 5) is 45.0. The summed E-state index contributed by atoms with van der Waals surface area (Å²) >= 11 is 0. The minimum absolute atomic E-state index is 0.0504. The van der Waals surface area contributed by atoms with Crippen LogP contribution in [0.1, 0.15) is 63.4 Å². The van der Waals surface area contributed by atoms with E-state index >= 15 is 0 Å². The van der Waals surface area contributed by atoms with Gasteiger partial charge in [0.1, 0.15) is 0 Å². The molecule has 1 N–H and O–H groups in total. The first kappa shape index (κ1) is 31.1. The quantitative estimate of drug-likeness (QED) is 0.342. The molecule has 228 valence electrons. The van der Waals surface area contributed by atoms with Crippen LogP contribution in [0.5, 0.6) is 11.5 Å². The number of nitrogens with zero attached hydrogens (tertiary/aromatic N) is 4. The summed E-state index contributed by atoms with van der Waals surface area (Å²) < 4.78 is 11.9. The maximum atomic E-state index is 13.8. The molecule has 3 heterocycles. The fraction of sp³-hybridized carbons (Fsp3) is 0.710. The van der Waals surface area contributed by atoms with Crippen molar-refractivity contribution in [3.63, 3.8) is 0 Å². The van der Waals surface area contributed by atoms with Crippen molar-refractivity contribution in [3.05, 3.63) is 23.8 Å². The van der Waals surface area contributed by atoms with Gasteiger partial charge in [-0.1, -0.05) is 19.4 Å². The van der Waals surface area contributed by atoms with Crippen molar-refractivity contribution < 1.29 is 33.4 Å². The molecule has 1 aromatic rings. The Morgan fingerprint density at radius 3 is 2.56 bits per heavy atom. The second-order valence-electron chi connectivity index (χ2n) is 12.8. The molecule has 3 aliphatic heterocycles. The highest BCUT2D eigenvalue weighted by molar-refractivity contribution is 5.79. The molecule has 0 bridgehead atoms. The van der Waals surface area contributed by atoms with Gasteiger partial charge in [0.2, 0.25) is 18.6 Å². The lowest BCUT2D eigenvalue weighted by Crippen LogP contribution is -2.47. The molecule has 0 unspecified atom stereocenters. The molecule has 3 atom stereocenters. The number of ether oxygens (including phenoxy) is 2. The molecule has 0 spiro atoms. The van der Waals surface area contributed by atoms with E-state index in [1.807, 2.05) is 28.0 Å². The Bertz CT molecular complexity index is 1070. The average Bonchev–Trinajstić information content (AvgIpc) is 3.53. The van der Waals surface area contributed by atoms with Crippen LogP contribution < -0.4 is 9.47 Å². The summed E-state index contributed by atoms with van der Waals surface area (Å²) in [5.41, 5.74) is 0.876. The number of hydrogen-bond donors (Lipinski definition) is 1. The number of hydrogen-bond acceptors (Lipinski definition) is 6. The number of amides is 2. The van der Waals surface area contributed by atoms with E-state index in [4.69, 9.17) is 9.47 Å². The topological polar surface area (TPSA) is 99.6 Å². The van der Waals surface area contributed by atoms with Gasteiger partial charge >= 0.3 is 5.97 Å². The molecule has 41 heavy (non-hydrogen) atoms. The van der Waals surface area contributed by atoms with Gasteiger partial charge < -0.3 is 28.9 Å². The molecule has 2 amide bonds. The van der Waals surface area contributed by atoms with Crippen molar-refractivity contribution in [2.24, 2.45) is 5.92 Å². The average molecular weight is 574 g/mol. The van der Waals surface area contributed by atoms with Crippen LogP contribution in [0.15, 0.2) is 18.2 Å². The van der Waals surface area contributed by atoms with Gasteiger partial charge in [-0.2, -0.15) is 0 Å². The number of aliphatic carboxylic acids is 1. The predicted molar refractivity (Wildman–Crippen MR) is 156 cm³/mol. The molecular formula is C31H49N4O6+. The number of unbranched alkanes of at least 4 members (excludes halogenated alkanes) is 1. The van der Waals surface area contributed by atoms with E-state index in [2.05, 4.69) is 33.0 Å². The second-order valence-corrected chi connectivity index (χ2v) is 12.8. The Kier molecular flexibility index (Phi) is 10.5. The van der Waals surface area contributed by atoms with Gasteiger partial charge in [0.05, 0.1) is 40.2 Å². The van der Waals surface area contributed by atoms with Gasteiger partial charge in [0.15, 0.2) is 11.5 Å². The molecule has 3 aliphatic rings. The number of piperidine rings is 1. The lowest BCUT2D eigenvalue weighted by molar-refractivity contribution is -0.870. The molecule has 2 fully saturated rings. The Labute approximate surface area is 244 Å². The van der Waals surface area contributed by atoms with Crippen molar-refractivity contribution in [2.75, 3.05) is 73.7 Å². The van der Waals surface area contributed by atoms with Crippen molar-refractivity contribution in [2.45, 2.75) is 63.8 Å². The second kappa shape index (κ2) is 13.9. The Morgan fingerprint density at radius 1 is 1.10 bits per heavy atom. The van der Waals surface area contributed by atoms with Gasteiger partial charge in [-0.15, -0.1) is 0 Å². The lowest BCUT2D eigenvalue weighted by atomic mass is 9.84. The van der Waals surface area contributed by atoms with E-state index in [1.165, 1.54) is 0 Å². The molecule has 0 saturated carbocycles. The van der Waals surface area contributed by atoms with E-state index in [1.54, 1.807) is 0 Å². The molecule has 10 nitrogen and oxygen atoms in total. The molecule has 4 rings (SSSR count). The zero-order valence-electron chi connectivity index (χ0n) is 25.3. The number of rotatable bonds is 14. The number of benzene rings is 1. The van der Waals surface area contributed by atoms with Crippen LogP contribution in [-0.2, 0) is 14.4 Å². The molecule has 2 saturated heterocycles. The third-order valence-corrected chi connectivity index (χ3v) is 8.70. The minimum atomic E-state index is -0.872. The zero-order valence-corrected chi connectivity index (χ0v) is 25.3. The maximum Gasteiger partial charge on any atom is 0.308 e. The summed E-state index contributed by atoms with van der Waals surface area (Å²) in [6.45, 7) is 6.52. The smallest absolute Gasteiger partial charge is 0.308 e. The van der Waals surface area contributed by atoms with E-state index in [0.29, 0.717) is 57.1 Å². The van der Waals surface area contributed by atoms with E-state index < -0.39 is 11.9 Å². The van der Waals surface area contributed by atoms with Gasteiger partial charge in [-0.05, 0) is 43.4 Å². The summed E-state index contributed by atoms with van der Waals surface area (Å²) in [5.74, 6) is -0.410. The highest BCUT2D eigenvalue weighted by Crippen LogP contribution is 2.42. The normalized spacial score (nSPS) is 22.8. The summed E-state index contributed by atoms with van der Waals surface area (Å²) in [6.07, 6.45) is 5.81. The number of carboxylic acid groups (broad SMARTS) is 1. The van der Waals surface area contributed by atoms with Gasteiger partial charge in [-0.3, -0.25) is 19.3 Å². The summed E-state index contributed by atoms with van der Waals surface area (Å²) in [7, 11) is 6.47. The molecule has 0 aliphatic carbocycles. The molecule has 1 aromatic carbocycles. The Morgan fingerprint density at radius 2 is 1.85 bits per heavy atom. The Balaban J connectivity index is 1.55. The fourth-order valence-electron chi connectivity index (χ4n) is 6.44. The highest BCUT2D eigenvalue weighted by Gasteiger charge is 2.47.